The molecule has 0 N–H and O–H groups in total. The number of pyridine rings is 1. The van der Waals surface area contributed by atoms with Gasteiger partial charge in [-0.25, -0.2) is 0 Å². The Balaban J connectivity index is 1.41. The SMILES string of the molecule is O=C(c1cc(-c2cccnc2)on1)N1CCN(c2ccc(Cl)cc2)CC1. The van der Waals surface area contributed by atoms with Gasteiger partial charge in [0.25, 0.3) is 5.91 Å². The molecule has 1 amide bonds. The summed E-state index contributed by atoms with van der Waals surface area (Å²) in [4.78, 5) is 20.8. The number of aromatic nitrogens is 2. The van der Waals surface area contributed by atoms with E-state index in [0.717, 1.165) is 29.4 Å². The molecule has 0 unspecified atom stereocenters. The molecule has 3 aromatic rings. The van der Waals surface area contributed by atoms with Crippen molar-refractivity contribution in [2.24, 2.45) is 0 Å². The van der Waals surface area contributed by atoms with Crippen molar-refractivity contribution in [2.75, 3.05) is 31.1 Å². The lowest BCUT2D eigenvalue weighted by Crippen LogP contribution is -2.48. The van der Waals surface area contributed by atoms with E-state index >= 15 is 0 Å². The fraction of sp³-hybridized carbons (Fsp3) is 0.211. The lowest BCUT2D eigenvalue weighted by atomic mass is 10.2. The van der Waals surface area contributed by atoms with E-state index in [1.54, 1.807) is 23.4 Å². The number of nitrogens with zero attached hydrogens (tertiary/aromatic N) is 4. The van der Waals surface area contributed by atoms with Gasteiger partial charge in [0, 0.05) is 60.9 Å². The smallest absolute Gasteiger partial charge is 0.276 e. The molecule has 0 atom stereocenters. The number of benzene rings is 1. The number of halogens is 1. The lowest BCUT2D eigenvalue weighted by molar-refractivity contribution is 0.0736. The van der Waals surface area contributed by atoms with Crippen LogP contribution in [0.2, 0.25) is 5.02 Å². The minimum absolute atomic E-state index is 0.111. The van der Waals surface area contributed by atoms with Crippen LogP contribution in [0, 0.1) is 0 Å². The number of rotatable bonds is 3. The molecule has 1 aliphatic rings. The standard InChI is InChI=1S/C19H17ClN4O2/c20-15-3-5-16(6-4-15)23-8-10-24(11-9-23)19(25)17-12-18(26-22-17)14-2-1-7-21-13-14/h1-7,12-13H,8-11H2. The average Bonchev–Trinajstić information content (AvgIpc) is 3.19. The summed E-state index contributed by atoms with van der Waals surface area (Å²) in [5, 5.41) is 4.65. The molecule has 26 heavy (non-hydrogen) atoms. The molecule has 1 saturated heterocycles. The maximum atomic E-state index is 12.7. The Labute approximate surface area is 156 Å². The second-order valence-electron chi connectivity index (χ2n) is 6.07. The molecule has 1 fully saturated rings. The van der Waals surface area contributed by atoms with Gasteiger partial charge < -0.3 is 14.3 Å². The molecule has 4 rings (SSSR count). The molecule has 0 aliphatic carbocycles. The highest BCUT2D eigenvalue weighted by Crippen LogP contribution is 2.22. The zero-order chi connectivity index (χ0) is 17.9. The summed E-state index contributed by atoms with van der Waals surface area (Å²) in [6, 6.07) is 13.1. The van der Waals surface area contributed by atoms with Crippen LogP contribution in [0.1, 0.15) is 10.5 Å². The van der Waals surface area contributed by atoms with Gasteiger partial charge in [-0.1, -0.05) is 16.8 Å². The maximum Gasteiger partial charge on any atom is 0.276 e. The van der Waals surface area contributed by atoms with Gasteiger partial charge in [-0.2, -0.15) is 0 Å². The van der Waals surface area contributed by atoms with Crippen LogP contribution < -0.4 is 4.90 Å². The summed E-state index contributed by atoms with van der Waals surface area (Å²) < 4.78 is 5.30. The van der Waals surface area contributed by atoms with Crippen LogP contribution in [0.4, 0.5) is 5.69 Å². The Kier molecular flexibility index (Phi) is 4.58. The third kappa shape index (κ3) is 3.41. The van der Waals surface area contributed by atoms with Crippen molar-refractivity contribution in [3.63, 3.8) is 0 Å². The van der Waals surface area contributed by atoms with Crippen LogP contribution in [0.3, 0.4) is 0 Å². The highest BCUT2D eigenvalue weighted by Gasteiger charge is 2.25. The molecule has 0 spiro atoms. The van der Waals surface area contributed by atoms with Crippen LogP contribution in [-0.2, 0) is 0 Å². The number of anilines is 1. The maximum absolute atomic E-state index is 12.7. The van der Waals surface area contributed by atoms with Gasteiger partial charge in [0.15, 0.2) is 11.5 Å². The minimum atomic E-state index is -0.111. The van der Waals surface area contributed by atoms with Gasteiger partial charge in [0.1, 0.15) is 0 Å². The molecule has 1 aliphatic heterocycles. The molecule has 1 aromatic carbocycles. The predicted molar refractivity (Wildman–Crippen MR) is 99.3 cm³/mol. The fourth-order valence-corrected chi connectivity index (χ4v) is 3.13. The zero-order valence-corrected chi connectivity index (χ0v) is 14.8. The monoisotopic (exact) mass is 368 g/mol. The second-order valence-corrected chi connectivity index (χ2v) is 6.51. The normalized spacial score (nSPS) is 14.5. The summed E-state index contributed by atoms with van der Waals surface area (Å²) in [6.45, 7) is 2.80. The first-order valence-electron chi connectivity index (χ1n) is 8.37. The minimum Gasteiger partial charge on any atom is -0.368 e. The molecule has 7 heteroatoms. The van der Waals surface area contributed by atoms with Crippen LogP contribution in [-0.4, -0.2) is 47.1 Å². The quantitative estimate of drug-likeness (QED) is 0.709. The van der Waals surface area contributed by atoms with Crippen molar-refractivity contribution in [1.29, 1.82) is 0 Å². The van der Waals surface area contributed by atoms with E-state index in [2.05, 4.69) is 15.0 Å². The van der Waals surface area contributed by atoms with Crippen molar-refractivity contribution in [1.82, 2.24) is 15.0 Å². The summed E-state index contributed by atoms with van der Waals surface area (Å²) in [6.07, 6.45) is 3.37. The van der Waals surface area contributed by atoms with Gasteiger partial charge in [-0.3, -0.25) is 9.78 Å². The lowest BCUT2D eigenvalue weighted by Gasteiger charge is -2.35. The van der Waals surface area contributed by atoms with E-state index in [0.29, 0.717) is 24.5 Å². The van der Waals surface area contributed by atoms with Crippen molar-refractivity contribution in [2.45, 2.75) is 0 Å². The second kappa shape index (κ2) is 7.17. The predicted octanol–water partition coefficient (Wildman–Crippen LogP) is 3.35. The zero-order valence-electron chi connectivity index (χ0n) is 14.0. The van der Waals surface area contributed by atoms with Crippen LogP contribution in [0.15, 0.2) is 59.4 Å². The summed E-state index contributed by atoms with van der Waals surface area (Å²) >= 11 is 5.94. The topological polar surface area (TPSA) is 62.5 Å². The fourth-order valence-electron chi connectivity index (χ4n) is 3.00. The number of carbonyl (C=O) groups excluding carboxylic acids is 1. The van der Waals surface area contributed by atoms with Gasteiger partial charge >= 0.3 is 0 Å². The van der Waals surface area contributed by atoms with Crippen LogP contribution >= 0.6 is 11.6 Å². The van der Waals surface area contributed by atoms with Gasteiger partial charge in [0.05, 0.1) is 0 Å². The van der Waals surface area contributed by atoms with E-state index in [-0.39, 0.29) is 5.91 Å². The number of amides is 1. The molecule has 3 heterocycles. The Bertz CT molecular complexity index is 887. The number of hydrogen-bond acceptors (Lipinski definition) is 5. The van der Waals surface area contributed by atoms with E-state index in [9.17, 15) is 4.79 Å². The molecule has 2 aromatic heterocycles. The third-order valence-electron chi connectivity index (χ3n) is 4.43. The van der Waals surface area contributed by atoms with Crippen LogP contribution in [0.25, 0.3) is 11.3 Å². The summed E-state index contributed by atoms with van der Waals surface area (Å²) in [7, 11) is 0. The van der Waals surface area contributed by atoms with E-state index in [4.69, 9.17) is 16.1 Å². The third-order valence-corrected chi connectivity index (χ3v) is 4.69. The molecular weight excluding hydrogens is 352 g/mol. The van der Waals surface area contributed by atoms with E-state index < -0.39 is 0 Å². The van der Waals surface area contributed by atoms with Crippen molar-refractivity contribution < 1.29 is 9.32 Å². The Morgan fingerprint density at radius 1 is 1.08 bits per heavy atom. The van der Waals surface area contributed by atoms with E-state index in [1.165, 1.54) is 0 Å². The Morgan fingerprint density at radius 2 is 1.85 bits per heavy atom. The Morgan fingerprint density at radius 3 is 2.54 bits per heavy atom. The summed E-state index contributed by atoms with van der Waals surface area (Å²) in [5.41, 5.74) is 2.23. The largest absolute Gasteiger partial charge is 0.368 e. The molecule has 6 nitrogen and oxygen atoms in total. The van der Waals surface area contributed by atoms with Crippen molar-refractivity contribution >= 4 is 23.2 Å². The first-order valence-corrected chi connectivity index (χ1v) is 8.75. The van der Waals surface area contributed by atoms with Crippen molar-refractivity contribution in [3.05, 3.63) is 65.6 Å². The number of carbonyl (C=O) groups is 1. The molecule has 132 valence electrons. The molecule has 0 radical (unpaired) electrons. The highest BCUT2D eigenvalue weighted by molar-refractivity contribution is 6.30. The molecule has 0 saturated carbocycles. The number of piperazine rings is 1. The summed E-state index contributed by atoms with van der Waals surface area (Å²) in [5.74, 6) is 0.431. The molecule has 0 bridgehead atoms. The Hall–Kier alpha value is -2.86. The van der Waals surface area contributed by atoms with Gasteiger partial charge in [-0.15, -0.1) is 0 Å². The van der Waals surface area contributed by atoms with Crippen LogP contribution in [0.5, 0.6) is 0 Å². The van der Waals surface area contributed by atoms with Crippen molar-refractivity contribution in [3.8, 4) is 11.3 Å². The van der Waals surface area contributed by atoms with Gasteiger partial charge in [0.2, 0.25) is 0 Å². The highest BCUT2D eigenvalue weighted by atomic mass is 35.5. The average molecular weight is 369 g/mol. The number of hydrogen-bond donors (Lipinski definition) is 0. The first kappa shape index (κ1) is 16.6. The van der Waals surface area contributed by atoms with Gasteiger partial charge in [-0.05, 0) is 36.4 Å². The van der Waals surface area contributed by atoms with E-state index in [1.807, 2.05) is 36.4 Å². The molecular formula is C19H17ClN4O2. The first-order chi connectivity index (χ1) is 12.7.